The molecule has 5 nitrogen and oxygen atoms in total. The average Bonchev–Trinajstić information content (AvgIpc) is 3.16. The first-order valence-corrected chi connectivity index (χ1v) is 9.94. The highest BCUT2D eigenvalue weighted by atomic mass is 35.5. The summed E-state index contributed by atoms with van der Waals surface area (Å²) in [6, 6.07) is 20.3. The van der Waals surface area contributed by atoms with Gasteiger partial charge in [0.1, 0.15) is 5.69 Å². The maximum Gasteiger partial charge on any atom is 0.257 e. The van der Waals surface area contributed by atoms with Crippen LogP contribution in [0, 0.1) is 0 Å². The van der Waals surface area contributed by atoms with Crippen molar-refractivity contribution in [2.45, 2.75) is 0 Å². The van der Waals surface area contributed by atoms with Crippen molar-refractivity contribution in [1.29, 1.82) is 0 Å². The molecular weight excluding hydrogens is 419 g/mol. The van der Waals surface area contributed by atoms with Crippen LogP contribution in [0.1, 0.15) is 10.4 Å². The van der Waals surface area contributed by atoms with E-state index in [0.29, 0.717) is 21.3 Å². The van der Waals surface area contributed by atoms with E-state index in [1.54, 1.807) is 24.4 Å². The van der Waals surface area contributed by atoms with Crippen LogP contribution in [0.15, 0.2) is 72.9 Å². The van der Waals surface area contributed by atoms with E-state index in [9.17, 15) is 4.79 Å². The van der Waals surface area contributed by atoms with Crippen LogP contribution in [-0.4, -0.2) is 21.1 Å². The number of para-hydroxylation sites is 1. The second-order valence-corrected chi connectivity index (χ2v) is 7.64. The van der Waals surface area contributed by atoms with Gasteiger partial charge >= 0.3 is 0 Å². The van der Waals surface area contributed by atoms with E-state index in [4.69, 9.17) is 23.2 Å². The molecule has 2 heterocycles. The maximum absolute atomic E-state index is 12.7. The van der Waals surface area contributed by atoms with Gasteiger partial charge in [-0.05, 0) is 42.5 Å². The summed E-state index contributed by atoms with van der Waals surface area (Å²) in [6.07, 6.45) is 1.77. The number of hydrogen-bond donors (Lipinski definition) is 2. The van der Waals surface area contributed by atoms with Crippen LogP contribution in [0.25, 0.3) is 33.1 Å². The van der Waals surface area contributed by atoms with Crippen molar-refractivity contribution in [3.8, 4) is 11.3 Å². The van der Waals surface area contributed by atoms with Crippen LogP contribution in [-0.2, 0) is 0 Å². The van der Waals surface area contributed by atoms with Crippen molar-refractivity contribution in [3.63, 3.8) is 0 Å². The minimum Gasteiger partial charge on any atom is -0.322 e. The largest absolute Gasteiger partial charge is 0.322 e. The second-order valence-electron chi connectivity index (χ2n) is 6.79. The third kappa shape index (κ3) is 3.28. The molecule has 0 atom stereocenters. The van der Waals surface area contributed by atoms with Gasteiger partial charge in [-0.15, -0.1) is 0 Å². The fraction of sp³-hybridized carbons (Fsp3) is 0. The fourth-order valence-electron chi connectivity index (χ4n) is 3.46. The lowest BCUT2D eigenvalue weighted by Gasteiger charge is -2.08. The van der Waals surface area contributed by atoms with Crippen LogP contribution in [0.4, 0.5) is 5.69 Å². The second kappa shape index (κ2) is 7.44. The van der Waals surface area contributed by atoms with Gasteiger partial charge in [0.15, 0.2) is 0 Å². The number of aromatic nitrogens is 3. The zero-order valence-electron chi connectivity index (χ0n) is 15.5. The van der Waals surface area contributed by atoms with Gasteiger partial charge in [0.05, 0.1) is 21.6 Å². The number of aromatic amines is 1. The van der Waals surface area contributed by atoms with Crippen molar-refractivity contribution in [1.82, 2.24) is 15.2 Å². The number of carbonyl (C=O) groups is 1. The topological polar surface area (TPSA) is 70.7 Å². The Kier molecular flexibility index (Phi) is 4.62. The van der Waals surface area contributed by atoms with Crippen molar-refractivity contribution in [2.75, 3.05) is 5.32 Å². The molecule has 1 amide bonds. The summed E-state index contributed by atoms with van der Waals surface area (Å²) in [6.45, 7) is 0. The summed E-state index contributed by atoms with van der Waals surface area (Å²) in [4.78, 5) is 17.2. The maximum atomic E-state index is 12.7. The molecule has 0 aliphatic heterocycles. The molecule has 7 heteroatoms. The molecule has 0 aliphatic carbocycles. The minimum atomic E-state index is -0.312. The number of fused-ring (bicyclic) bond motifs is 2. The first-order chi connectivity index (χ1) is 14.6. The predicted octanol–water partition coefficient (Wildman–Crippen LogP) is 6.34. The predicted molar refractivity (Wildman–Crippen MR) is 121 cm³/mol. The highest BCUT2D eigenvalue weighted by Gasteiger charge is 2.15. The van der Waals surface area contributed by atoms with Gasteiger partial charge in [-0.3, -0.25) is 14.9 Å². The Hall–Kier alpha value is -3.41. The van der Waals surface area contributed by atoms with Gasteiger partial charge in [-0.25, -0.2) is 0 Å². The quantitative estimate of drug-likeness (QED) is 0.349. The summed E-state index contributed by atoms with van der Waals surface area (Å²) in [5.74, 6) is -0.312. The van der Waals surface area contributed by atoms with E-state index < -0.39 is 0 Å². The summed E-state index contributed by atoms with van der Waals surface area (Å²) < 4.78 is 0. The van der Waals surface area contributed by atoms with Crippen LogP contribution >= 0.6 is 23.2 Å². The van der Waals surface area contributed by atoms with E-state index in [0.717, 1.165) is 33.1 Å². The number of carbonyl (C=O) groups excluding carboxylic acids is 1. The number of nitrogens with zero attached hydrogens (tertiary/aromatic N) is 2. The number of H-pyrrole nitrogens is 1. The van der Waals surface area contributed by atoms with Gasteiger partial charge in [-0.1, -0.05) is 47.5 Å². The minimum absolute atomic E-state index is 0.298. The Morgan fingerprint density at radius 1 is 0.967 bits per heavy atom. The summed E-state index contributed by atoms with van der Waals surface area (Å²) in [7, 11) is 0. The van der Waals surface area contributed by atoms with Crippen molar-refractivity contribution in [2.24, 2.45) is 0 Å². The van der Waals surface area contributed by atoms with Crippen molar-refractivity contribution < 1.29 is 4.79 Å². The number of rotatable bonds is 3. The molecule has 3 aromatic carbocycles. The Bertz CT molecular complexity index is 1420. The molecule has 0 bridgehead atoms. The molecule has 0 saturated heterocycles. The van der Waals surface area contributed by atoms with Crippen molar-refractivity contribution >= 4 is 56.6 Å². The number of halogens is 2. The van der Waals surface area contributed by atoms with Gasteiger partial charge in [0.2, 0.25) is 0 Å². The fourth-order valence-corrected chi connectivity index (χ4v) is 3.96. The number of anilines is 1. The molecule has 2 aromatic heterocycles. The first kappa shape index (κ1) is 18.6. The van der Waals surface area contributed by atoms with Crippen molar-refractivity contribution in [3.05, 3.63) is 88.5 Å². The van der Waals surface area contributed by atoms with Gasteiger partial charge in [0.25, 0.3) is 5.91 Å². The van der Waals surface area contributed by atoms with E-state index in [-0.39, 0.29) is 5.91 Å². The SMILES string of the molecule is O=C(Nc1ccc2[nH]nc(-c3cccc4cccnc34)c2c1)c1ccc(Cl)cc1Cl. The monoisotopic (exact) mass is 432 g/mol. The summed E-state index contributed by atoms with van der Waals surface area (Å²) >= 11 is 12.1. The normalized spacial score (nSPS) is 11.1. The molecule has 0 spiro atoms. The summed E-state index contributed by atoms with van der Waals surface area (Å²) in [5, 5.41) is 13.1. The standard InChI is InChI=1S/C23H14Cl2N4O/c24-14-6-8-16(19(25)11-14)23(30)27-15-7-9-20-18(12-15)22(29-28-20)17-5-1-3-13-4-2-10-26-21(13)17/h1-12H,(H,27,30)(H,28,29). The molecule has 0 aliphatic rings. The van der Waals surface area contributed by atoms with E-state index >= 15 is 0 Å². The highest BCUT2D eigenvalue weighted by Crippen LogP contribution is 2.32. The molecule has 0 saturated carbocycles. The molecule has 5 rings (SSSR count). The molecule has 0 unspecified atom stereocenters. The van der Waals surface area contributed by atoms with Crippen LogP contribution in [0.3, 0.4) is 0 Å². The highest BCUT2D eigenvalue weighted by molar-refractivity contribution is 6.37. The third-order valence-electron chi connectivity index (χ3n) is 4.88. The van der Waals surface area contributed by atoms with E-state index in [1.807, 2.05) is 48.5 Å². The zero-order valence-corrected chi connectivity index (χ0v) is 17.0. The molecule has 2 N–H and O–H groups in total. The zero-order chi connectivity index (χ0) is 20.7. The molecule has 5 aromatic rings. The lowest BCUT2D eigenvalue weighted by molar-refractivity contribution is 0.102. The number of benzene rings is 3. The van der Waals surface area contributed by atoms with Gasteiger partial charge < -0.3 is 5.32 Å². The van der Waals surface area contributed by atoms with E-state index in [2.05, 4.69) is 20.5 Å². The van der Waals surface area contributed by atoms with Gasteiger partial charge in [-0.2, -0.15) is 5.10 Å². The lowest BCUT2D eigenvalue weighted by Crippen LogP contribution is -2.12. The average molecular weight is 433 g/mol. The van der Waals surface area contributed by atoms with Crippen LogP contribution in [0.5, 0.6) is 0 Å². The Morgan fingerprint density at radius 3 is 2.70 bits per heavy atom. The van der Waals surface area contributed by atoms with Crippen LogP contribution in [0.2, 0.25) is 10.0 Å². The van der Waals surface area contributed by atoms with E-state index in [1.165, 1.54) is 0 Å². The first-order valence-electron chi connectivity index (χ1n) is 9.19. The molecular formula is C23H14Cl2N4O. The molecule has 0 radical (unpaired) electrons. The number of pyridine rings is 1. The number of hydrogen-bond acceptors (Lipinski definition) is 3. The smallest absolute Gasteiger partial charge is 0.257 e. The molecule has 30 heavy (non-hydrogen) atoms. The molecule has 146 valence electrons. The Morgan fingerprint density at radius 2 is 1.83 bits per heavy atom. The molecule has 0 fully saturated rings. The van der Waals surface area contributed by atoms with Crippen LogP contribution < -0.4 is 5.32 Å². The lowest BCUT2D eigenvalue weighted by atomic mass is 10.0. The third-order valence-corrected chi connectivity index (χ3v) is 5.43. The number of nitrogens with one attached hydrogen (secondary N) is 2. The Balaban J connectivity index is 1.56. The summed E-state index contributed by atoms with van der Waals surface area (Å²) in [5.41, 5.74) is 4.41. The Labute approximate surface area is 181 Å². The number of amides is 1. The van der Waals surface area contributed by atoms with Gasteiger partial charge in [0, 0.05) is 33.2 Å².